The Kier molecular flexibility index (Phi) is 9.07. The van der Waals surface area contributed by atoms with Gasteiger partial charge < -0.3 is 25.0 Å². The standard InChI is InChI=1S/C24H31N3O5/c1-6-27(15-21(28)25-18-8-7-9-20(14-18)32-5)24(30)22(16(2)3)26-23(29)17-10-12-19(31-4)13-11-17/h7-14,16,22H,6,15H2,1-5H3,(H,25,28)(H,26,29). The van der Waals surface area contributed by atoms with Crippen molar-refractivity contribution in [2.75, 3.05) is 32.6 Å². The Morgan fingerprint density at radius 1 is 0.969 bits per heavy atom. The first-order chi connectivity index (χ1) is 15.3. The van der Waals surface area contributed by atoms with E-state index in [-0.39, 0.29) is 30.2 Å². The first-order valence-corrected chi connectivity index (χ1v) is 10.5. The van der Waals surface area contributed by atoms with Crippen LogP contribution in [-0.2, 0) is 9.59 Å². The highest BCUT2D eigenvalue weighted by Gasteiger charge is 2.29. The molecule has 8 nitrogen and oxygen atoms in total. The van der Waals surface area contributed by atoms with E-state index in [0.29, 0.717) is 29.3 Å². The molecule has 0 spiro atoms. The first kappa shape index (κ1) is 24.7. The fraction of sp³-hybridized carbons (Fsp3) is 0.375. The van der Waals surface area contributed by atoms with Crippen LogP contribution in [0.4, 0.5) is 5.69 Å². The molecule has 8 heteroatoms. The second kappa shape index (κ2) is 11.7. The van der Waals surface area contributed by atoms with Crippen LogP contribution in [0.5, 0.6) is 11.5 Å². The Balaban J connectivity index is 2.06. The van der Waals surface area contributed by atoms with Crippen molar-refractivity contribution in [3.8, 4) is 11.5 Å². The van der Waals surface area contributed by atoms with Gasteiger partial charge in [0.1, 0.15) is 17.5 Å². The molecule has 0 aromatic heterocycles. The van der Waals surface area contributed by atoms with E-state index < -0.39 is 6.04 Å². The van der Waals surface area contributed by atoms with Crippen molar-refractivity contribution in [2.45, 2.75) is 26.8 Å². The van der Waals surface area contributed by atoms with Crippen molar-refractivity contribution in [1.29, 1.82) is 0 Å². The molecule has 2 aromatic carbocycles. The number of hydrogen-bond donors (Lipinski definition) is 2. The molecule has 2 rings (SSSR count). The van der Waals surface area contributed by atoms with E-state index >= 15 is 0 Å². The summed E-state index contributed by atoms with van der Waals surface area (Å²) in [6.45, 7) is 5.68. The first-order valence-electron chi connectivity index (χ1n) is 10.5. The van der Waals surface area contributed by atoms with Crippen LogP contribution in [0.2, 0.25) is 0 Å². The fourth-order valence-electron chi connectivity index (χ4n) is 3.10. The number of methoxy groups -OCH3 is 2. The summed E-state index contributed by atoms with van der Waals surface area (Å²) < 4.78 is 10.3. The Labute approximate surface area is 188 Å². The van der Waals surface area contributed by atoms with Crippen molar-refractivity contribution in [3.63, 3.8) is 0 Å². The van der Waals surface area contributed by atoms with Crippen LogP contribution in [0.25, 0.3) is 0 Å². The van der Waals surface area contributed by atoms with Gasteiger partial charge in [0.25, 0.3) is 5.91 Å². The quantitative estimate of drug-likeness (QED) is 0.591. The molecule has 0 fully saturated rings. The number of carbonyl (C=O) groups excluding carboxylic acids is 3. The van der Waals surface area contributed by atoms with Crippen LogP contribution in [-0.4, -0.2) is 56.0 Å². The molecule has 0 saturated carbocycles. The largest absolute Gasteiger partial charge is 0.497 e. The molecule has 0 aliphatic rings. The number of anilines is 1. The van der Waals surface area contributed by atoms with Crippen LogP contribution in [0.1, 0.15) is 31.1 Å². The van der Waals surface area contributed by atoms with Crippen molar-refractivity contribution >= 4 is 23.4 Å². The second-order valence-corrected chi connectivity index (χ2v) is 7.56. The molecule has 0 radical (unpaired) electrons. The Morgan fingerprint density at radius 3 is 2.19 bits per heavy atom. The molecular weight excluding hydrogens is 410 g/mol. The van der Waals surface area contributed by atoms with E-state index in [1.54, 1.807) is 69.7 Å². The van der Waals surface area contributed by atoms with Crippen molar-refractivity contribution < 1.29 is 23.9 Å². The van der Waals surface area contributed by atoms with Gasteiger partial charge in [-0.2, -0.15) is 0 Å². The third-order valence-corrected chi connectivity index (χ3v) is 4.95. The topological polar surface area (TPSA) is 97.0 Å². The Hall–Kier alpha value is -3.55. The zero-order chi connectivity index (χ0) is 23.7. The number of ether oxygens (including phenoxy) is 2. The van der Waals surface area contributed by atoms with E-state index in [1.807, 2.05) is 13.8 Å². The van der Waals surface area contributed by atoms with Crippen LogP contribution in [0, 0.1) is 5.92 Å². The minimum Gasteiger partial charge on any atom is -0.497 e. The van der Waals surface area contributed by atoms with Gasteiger partial charge in [-0.05, 0) is 49.2 Å². The molecule has 1 atom stereocenters. The predicted octanol–water partition coefficient (Wildman–Crippen LogP) is 2.95. The minimum atomic E-state index is -0.769. The highest BCUT2D eigenvalue weighted by atomic mass is 16.5. The lowest BCUT2D eigenvalue weighted by Crippen LogP contribution is -2.52. The van der Waals surface area contributed by atoms with E-state index in [4.69, 9.17) is 9.47 Å². The molecule has 32 heavy (non-hydrogen) atoms. The van der Waals surface area contributed by atoms with Gasteiger partial charge in [0, 0.05) is 23.9 Å². The number of nitrogens with one attached hydrogen (secondary N) is 2. The molecule has 0 heterocycles. The minimum absolute atomic E-state index is 0.131. The molecule has 0 aliphatic heterocycles. The lowest BCUT2D eigenvalue weighted by atomic mass is 10.0. The zero-order valence-corrected chi connectivity index (χ0v) is 19.2. The molecule has 0 saturated heterocycles. The van der Waals surface area contributed by atoms with Crippen LogP contribution in [0.3, 0.4) is 0 Å². The fourth-order valence-corrected chi connectivity index (χ4v) is 3.10. The molecule has 2 aromatic rings. The number of rotatable bonds is 10. The lowest BCUT2D eigenvalue weighted by Gasteiger charge is -2.28. The number of amides is 3. The monoisotopic (exact) mass is 441 g/mol. The average molecular weight is 442 g/mol. The summed E-state index contributed by atoms with van der Waals surface area (Å²) in [6.07, 6.45) is 0. The summed E-state index contributed by atoms with van der Waals surface area (Å²) >= 11 is 0. The highest BCUT2D eigenvalue weighted by molar-refractivity contribution is 5.99. The van der Waals surface area contributed by atoms with Crippen molar-refractivity contribution in [1.82, 2.24) is 10.2 Å². The van der Waals surface area contributed by atoms with Crippen LogP contribution in [0.15, 0.2) is 48.5 Å². The Bertz CT molecular complexity index is 927. The van der Waals surface area contributed by atoms with Crippen molar-refractivity contribution in [2.24, 2.45) is 5.92 Å². The number of hydrogen-bond acceptors (Lipinski definition) is 5. The van der Waals surface area contributed by atoms with E-state index in [1.165, 1.54) is 4.90 Å². The van der Waals surface area contributed by atoms with Gasteiger partial charge in [-0.1, -0.05) is 19.9 Å². The highest BCUT2D eigenvalue weighted by Crippen LogP contribution is 2.17. The van der Waals surface area contributed by atoms with Gasteiger partial charge in [-0.3, -0.25) is 14.4 Å². The van der Waals surface area contributed by atoms with Gasteiger partial charge in [0.05, 0.1) is 20.8 Å². The molecule has 1 unspecified atom stereocenters. The van der Waals surface area contributed by atoms with E-state index in [9.17, 15) is 14.4 Å². The van der Waals surface area contributed by atoms with Gasteiger partial charge in [-0.15, -0.1) is 0 Å². The van der Waals surface area contributed by atoms with Gasteiger partial charge in [0.15, 0.2) is 0 Å². The van der Waals surface area contributed by atoms with E-state index in [2.05, 4.69) is 10.6 Å². The molecular formula is C24H31N3O5. The maximum absolute atomic E-state index is 13.2. The summed E-state index contributed by atoms with van der Waals surface area (Å²) in [4.78, 5) is 39.8. The molecule has 3 amide bonds. The van der Waals surface area contributed by atoms with Crippen molar-refractivity contribution in [3.05, 3.63) is 54.1 Å². The van der Waals surface area contributed by atoms with Gasteiger partial charge >= 0.3 is 0 Å². The summed E-state index contributed by atoms with van der Waals surface area (Å²) in [5.74, 6) is 0.0731. The lowest BCUT2D eigenvalue weighted by molar-refractivity contribution is -0.137. The molecule has 2 N–H and O–H groups in total. The third-order valence-electron chi connectivity index (χ3n) is 4.95. The Morgan fingerprint density at radius 2 is 1.62 bits per heavy atom. The molecule has 0 aliphatic carbocycles. The predicted molar refractivity (Wildman–Crippen MR) is 123 cm³/mol. The third kappa shape index (κ3) is 6.73. The van der Waals surface area contributed by atoms with Crippen LogP contribution < -0.4 is 20.1 Å². The van der Waals surface area contributed by atoms with Gasteiger partial charge in [-0.25, -0.2) is 0 Å². The zero-order valence-electron chi connectivity index (χ0n) is 19.2. The second-order valence-electron chi connectivity index (χ2n) is 7.56. The smallest absolute Gasteiger partial charge is 0.251 e. The summed E-state index contributed by atoms with van der Waals surface area (Å²) in [5, 5.41) is 5.57. The summed E-state index contributed by atoms with van der Waals surface area (Å²) in [6, 6.07) is 12.8. The molecule has 172 valence electrons. The summed E-state index contributed by atoms with van der Waals surface area (Å²) in [7, 11) is 3.09. The van der Waals surface area contributed by atoms with E-state index in [0.717, 1.165) is 0 Å². The number of carbonyl (C=O) groups is 3. The number of nitrogens with zero attached hydrogens (tertiary/aromatic N) is 1. The maximum Gasteiger partial charge on any atom is 0.251 e. The normalized spacial score (nSPS) is 11.4. The maximum atomic E-state index is 13.2. The number of likely N-dealkylation sites (N-methyl/N-ethyl adjacent to an activating group) is 1. The molecule has 0 bridgehead atoms. The van der Waals surface area contributed by atoms with Gasteiger partial charge in [0.2, 0.25) is 11.8 Å². The number of benzene rings is 2. The SMILES string of the molecule is CCN(CC(=O)Nc1cccc(OC)c1)C(=O)C(NC(=O)c1ccc(OC)cc1)C(C)C. The summed E-state index contributed by atoms with van der Waals surface area (Å²) in [5.41, 5.74) is 0.995. The van der Waals surface area contributed by atoms with Crippen LogP contribution >= 0.6 is 0 Å². The average Bonchev–Trinajstić information content (AvgIpc) is 2.80.